The van der Waals surface area contributed by atoms with Crippen LogP contribution in [0.1, 0.15) is 5.56 Å². The fourth-order valence-electron chi connectivity index (χ4n) is 1.92. The van der Waals surface area contributed by atoms with Crippen molar-refractivity contribution in [2.24, 2.45) is 0 Å². The highest BCUT2D eigenvalue weighted by Crippen LogP contribution is 2.18. The number of benzene rings is 1. The summed E-state index contributed by atoms with van der Waals surface area (Å²) in [6.45, 7) is 2.02. The van der Waals surface area contributed by atoms with Crippen LogP contribution in [-0.2, 0) is 0 Å². The largest absolute Gasteiger partial charge is 0.301 e. The van der Waals surface area contributed by atoms with Crippen molar-refractivity contribution in [1.82, 2.24) is 15.0 Å². The topological polar surface area (TPSA) is 58.6 Å². The van der Waals surface area contributed by atoms with Crippen molar-refractivity contribution < 1.29 is 0 Å². The van der Waals surface area contributed by atoms with Crippen molar-refractivity contribution in [2.45, 2.75) is 12.1 Å². The Morgan fingerprint density at radius 3 is 2.83 bits per heavy atom. The number of nitrogens with zero attached hydrogens (tertiary/aromatic N) is 2. The van der Waals surface area contributed by atoms with Gasteiger partial charge in [-0.05, 0) is 31.4 Å². The van der Waals surface area contributed by atoms with Crippen LogP contribution in [0, 0.1) is 6.92 Å². The highest BCUT2D eigenvalue weighted by atomic mass is 32.2. The lowest BCUT2D eigenvalue weighted by Gasteiger charge is -2.03. The van der Waals surface area contributed by atoms with E-state index in [1.54, 1.807) is 0 Å². The number of aromatic amines is 1. The van der Waals surface area contributed by atoms with Crippen molar-refractivity contribution in [3.05, 3.63) is 40.2 Å². The Balaban J connectivity index is 2.45. The predicted molar refractivity (Wildman–Crippen MR) is 74.2 cm³/mol. The highest BCUT2D eigenvalue weighted by Gasteiger charge is 2.06. The van der Waals surface area contributed by atoms with E-state index in [0.717, 1.165) is 16.5 Å². The summed E-state index contributed by atoms with van der Waals surface area (Å²) in [5.41, 5.74) is 2.37. The first-order valence-electron chi connectivity index (χ1n) is 5.53. The molecule has 0 radical (unpaired) electrons. The average molecular weight is 257 g/mol. The molecule has 0 amide bonds. The normalized spacial score (nSPS) is 11.2. The zero-order valence-corrected chi connectivity index (χ0v) is 10.8. The molecule has 0 aliphatic carbocycles. The minimum absolute atomic E-state index is 0.139. The van der Waals surface area contributed by atoms with E-state index >= 15 is 0 Å². The molecule has 0 spiro atoms. The van der Waals surface area contributed by atoms with E-state index in [1.807, 2.05) is 37.4 Å². The average Bonchev–Trinajstić information content (AvgIpc) is 2.37. The molecule has 0 aliphatic rings. The quantitative estimate of drug-likeness (QED) is 0.413. The molecule has 0 bridgehead atoms. The fourth-order valence-corrected chi connectivity index (χ4v) is 2.30. The van der Waals surface area contributed by atoms with Gasteiger partial charge in [0.1, 0.15) is 0 Å². The third kappa shape index (κ3) is 1.76. The van der Waals surface area contributed by atoms with Crippen LogP contribution in [0.2, 0.25) is 0 Å². The first-order chi connectivity index (χ1) is 8.67. The predicted octanol–water partition coefficient (Wildman–Crippen LogP) is 2.50. The van der Waals surface area contributed by atoms with E-state index < -0.39 is 0 Å². The Labute approximate surface area is 107 Å². The molecule has 18 heavy (non-hydrogen) atoms. The Hall–Kier alpha value is -1.88. The lowest BCUT2D eigenvalue weighted by molar-refractivity contribution is 0.967. The molecule has 3 rings (SSSR count). The minimum Gasteiger partial charge on any atom is -0.301 e. The van der Waals surface area contributed by atoms with Crippen LogP contribution in [0.25, 0.3) is 21.9 Å². The molecule has 90 valence electrons. The number of rotatable bonds is 1. The number of aryl methyl sites for hydroxylation is 1. The van der Waals surface area contributed by atoms with E-state index in [1.165, 1.54) is 11.8 Å². The van der Waals surface area contributed by atoms with Gasteiger partial charge in [-0.15, -0.1) is 0 Å². The minimum atomic E-state index is -0.139. The van der Waals surface area contributed by atoms with Crippen LogP contribution >= 0.6 is 11.8 Å². The van der Waals surface area contributed by atoms with Gasteiger partial charge in [0.15, 0.2) is 10.8 Å². The second kappa shape index (κ2) is 4.10. The number of hydrogen-bond donors (Lipinski definition) is 1. The van der Waals surface area contributed by atoms with E-state index in [4.69, 9.17) is 0 Å². The van der Waals surface area contributed by atoms with Crippen LogP contribution in [0.3, 0.4) is 0 Å². The number of hydrogen-bond acceptors (Lipinski definition) is 4. The SMILES string of the molecule is CSc1nc2nc3ccc(C)cc3cc2c(=O)[nH]1. The van der Waals surface area contributed by atoms with Gasteiger partial charge in [-0.1, -0.05) is 23.4 Å². The molecule has 2 heterocycles. The smallest absolute Gasteiger partial charge is 0.261 e. The van der Waals surface area contributed by atoms with Crippen LogP contribution in [-0.4, -0.2) is 21.2 Å². The van der Waals surface area contributed by atoms with E-state index in [2.05, 4.69) is 15.0 Å². The summed E-state index contributed by atoms with van der Waals surface area (Å²) >= 11 is 1.40. The second-order valence-corrected chi connectivity index (χ2v) is 4.93. The summed E-state index contributed by atoms with van der Waals surface area (Å²) in [7, 11) is 0. The van der Waals surface area contributed by atoms with Crippen molar-refractivity contribution in [2.75, 3.05) is 6.26 Å². The van der Waals surface area contributed by atoms with Gasteiger partial charge in [0.25, 0.3) is 5.56 Å². The van der Waals surface area contributed by atoms with Crippen molar-refractivity contribution in [1.29, 1.82) is 0 Å². The summed E-state index contributed by atoms with van der Waals surface area (Å²) < 4.78 is 0. The molecule has 3 aromatic rings. The first-order valence-corrected chi connectivity index (χ1v) is 6.75. The molecule has 1 aromatic carbocycles. The second-order valence-electron chi connectivity index (χ2n) is 4.13. The monoisotopic (exact) mass is 257 g/mol. The van der Waals surface area contributed by atoms with Gasteiger partial charge < -0.3 is 4.98 Å². The molecule has 0 aliphatic heterocycles. The zero-order valence-electron chi connectivity index (χ0n) is 10.0. The summed E-state index contributed by atoms with van der Waals surface area (Å²) in [4.78, 5) is 23.4. The number of fused-ring (bicyclic) bond motifs is 2. The van der Waals surface area contributed by atoms with Gasteiger partial charge in [0.05, 0.1) is 10.9 Å². The maximum Gasteiger partial charge on any atom is 0.261 e. The van der Waals surface area contributed by atoms with Crippen molar-refractivity contribution in [3.63, 3.8) is 0 Å². The molecule has 1 N–H and O–H groups in total. The number of nitrogens with one attached hydrogen (secondary N) is 1. The molecule has 0 saturated carbocycles. The standard InChI is InChI=1S/C13H11N3OS/c1-7-3-4-10-8(5-7)6-9-11(14-10)15-13(18-2)16-12(9)17/h3-6H,1-2H3,(H,14,15,16,17). The lowest BCUT2D eigenvalue weighted by Crippen LogP contribution is -2.09. The molecular formula is C13H11N3OS. The maximum atomic E-state index is 11.9. The number of thioether (sulfide) groups is 1. The Kier molecular flexibility index (Phi) is 2.56. The summed E-state index contributed by atoms with van der Waals surface area (Å²) in [6, 6.07) is 7.82. The van der Waals surface area contributed by atoms with E-state index in [-0.39, 0.29) is 5.56 Å². The van der Waals surface area contributed by atoms with Crippen molar-refractivity contribution >= 4 is 33.7 Å². The third-order valence-electron chi connectivity index (χ3n) is 2.82. The Morgan fingerprint density at radius 2 is 2.06 bits per heavy atom. The zero-order chi connectivity index (χ0) is 12.7. The Morgan fingerprint density at radius 1 is 1.22 bits per heavy atom. The molecule has 0 atom stereocenters. The van der Waals surface area contributed by atoms with Gasteiger partial charge in [-0.2, -0.15) is 0 Å². The first kappa shape index (κ1) is 11.2. The maximum absolute atomic E-state index is 11.9. The molecule has 2 aromatic heterocycles. The van der Waals surface area contributed by atoms with Crippen LogP contribution in [0.5, 0.6) is 0 Å². The van der Waals surface area contributed by atoms with Gasteiger partial charge in [0.2, 0.25) is 0 Å². The number of H-pyrrole nitrogens is 1. The number of pyridine rings is 1. The summed E-state index contributed by atoms with van der Waals surface area (Å²) in [5, 5.41) is 2.09. The van der Waals surface area contributed by atoms with Crippen LogP contribution in [0.4, 0.5) is 0 Å². The molecular weight excluding hydrogens is 246 g/mol. The van der Waals surface area contributed by atoms with Crippen molar-refractivity contribution in [3.8, 4) is 0 Å². The van der Waals surface area contributed by atoms with Gasteiger partial charge >= 0.3 is 0 Å². The fraction of sp³-hybridized carbons (Fsp3) is 0.154. The molecule has 5 heteroatoms. The highest BCUT2D eigenvalue weighted by molar-refractivity contribution is 7.98. The number of aromatic nitrogens is 3. The molecule has 0 saturated heterocycles. The summed E-state index contributed by atoms with van der Waals surface area (Å²) in [5.74, 6) is 0. The van der Waals surface area contributed by atoms with Crippen LogP contribution in [0.15, 0.2) is 34.2 Å². The summed E-state index contributed by atoms with van der Waals surface area (Å²) in [6.07, 6.45) is 1.87. The molecule has 4 nitrogen and oxygen atoms in total. The van der Waals surface area contributed by atoms with Crippen LogP contribution < -0.4 is 5.56 Å². The van der Waals surface area contributed by atoms with E-state index in [9.17, 15) is 4.79 Å². The lowest BCUT2D eigenvalue weighted by atomic mass is 10.1. The van der Waals surface area contributed by atoms with E-state index in [0.29, 0.717) is 16.2 Å². The third-order valence-corrected chi connectivity index (χ3v) is 3.40. The Bertz CT molecular complexity index is 810. The molecule has 0 fully saturated rings. The van der Waals surface area contributed by atoms with Gasteiger partial charge in [-0.3, -0.25) is 4.79 Å². The molecule has 0 unspecified atom stereocenters. The van der Waals surface area contributed by atoms with Gasteiger partial charge in [0, 0.05) is 5.39 Å². The van der Waals surface area contributed by atoms with Gasteiger partial charge in [-0.25, -0.2) is 9.97 Å².